The summed E-state index contributed by atoms with van der Waals surface area (Å²) in [6.07, 6.45) is 0.713. The SMILES string of the molecule is Nc1c(N2CCc3ccc(CNC(=O)c4nc(-c5cccc(N6CCOCC6)c5)cc(=O)[nH]4)cc3C2)c(=O)c1=O. The van der Waals surface area contributed by atoms with E-state index in [-0.39, 0.29) is 18.1 Å². The number of fused-ring (bicyclic) bond motifs is 1. The molecule has 0 radical (unpaired) electrons. The highest BCUT2D eigenvalue weighted by atomic mass is 16.5. The van der Waals surface area contributed by atoms with Crippen LogP contribution in [-0.2, 0) is 24.2 Å². The van der Waals surface area contributed by atoms with Gasteiger partial charge in [0.1, 0.15) is 11.4 Å². The summed E-state index contributed by atoms with van der Waals surface area (Å²) >= 11 is 0. The summed E-state index contributed by atoms with van der Waals surface area (Å²) in [5.74, 6) is -0.571. The van der Waals surface area contributed by atoms with Gasteiger partial charge in [0.2, 0.25) is 0 Å². The monoisotopic (exact) mass is 540 g/mol. The van der Waals surface area contributed by atoms with Gasteiger partial charge in [0.15, 0.2) is 5.82 Å². The fourth-order valence-electron chi connectivity index (χ4n) is 5.29. The Hall–Kier alpha value is -4.77. The van der Waals surface area contributed by atoms with Gasteiger partial charge in [-0.05, 0) is 35.2 Å². The van der Waals surface area contributed by atoms with Crippen LogP contribution in [0.4, 0.5) is 17.1 Å². The number of H-pyrrole nitrogens is 1. The lowest BCUT2D eigenvalue weighted by molar-refractivity contribution is 0.0940. The Labute approximate surface area is 228 Å². The average Bonchev–Trinajstić information content (AvgIpc) is 2.99. The quantitative estimate of drug-likeness (QED) is 0.304. The lowest BCUT2D eigenvalue weighted by atomic mass is 9.96. The number of nitrogens with two attached hydrogens (primary N) is 1. The Kier molecular flexibility index (Phi) is 6.64. The minimum atomic E-state index is -0.627. The molecule has 1 saturated heterocycles. The van der Waals surface area contributed by atoms with Gasteiger partial charge in [0.05, 0.1) is 18.9 Å². The first-order valence-corrected chi connectivity index (χ1v) is 13.1. The van der Waals surface area contributed by atoms with Crippen molar-refractivity contribution in [3.05, 3.63) is 102 Å². The fraction of sp³-hybridized carbons (Fsp3) is 0.276. The van der Waals surface area contributed by atoms with Crippen molar-refractivity contribution in [1.82, 2.24) is 15.3 Å². The van der Waals surface area contributed by atoms with E-state index < -0.39 is 22.3 Å². The molecule has 3 heterocycles. The smallest absolute Gasteiger partial charge is 0.287 e. The van der Waals surface area contributed by atoms with Gasteiger partial charge in [-0.3, -0.25) is 19.2 Å². The number of aromatic amines is 1. The Bertz CT molecular complexity index is 1730. The molecule has 0 atom stereocenters. The summed E-state index contributed by atoms with van der Waals surface area (Å²) in [6, 6.07) is 15.0. The molecule has 6 rings (SSSR count). The van der Waals surface area contributed by atoms with Crippen molar-refractivity contribution in [2.75, 3.05) is 48.4 Å². The maximum Gasteiger partial charge on any atom is 0.287 e. The number of anilines is 3. The van der Waals surface area contributed by atoms with Gasteiger partial charge < -0.3 is 30.6 Å². The highest BCUT2D eigenvalue weighted by Gasteiger charge is 2.27. The summed E-state index contributed by atoms with van der Waals surface area (Å²) in [5, 5.41) is 2.83. The number of rotatable bonds is 6. The zero-order chi connectivity index (χ0) is 27.8. The van der Waals surface area contributed by atoms with E-state index in [4.69, 9.17) is 10.5 Å². The number of benzene rings is 2. The molecular formula is C29H28N6O5. The third-order valence-electron chi connectivity index (χ3n) is 7.45. The number of nitrogen functional groups attached to an aromatic ring is 1. The second kappa shape index (κ2) is 10.4. The highest BCUT2D eigenvalue weighted by Crippen LogP contribution is 2.27. The van der Waals surface area contributed by atoms with Crippen molar-refractivity contribution in [3.8, 4) is 11.3 Å². The molecule has 1 amide bonds. The third kappa shape index (κ3) is 4.87. The maximum atomic E-state index is 13.0. The lowest BCUT2D eigenvalue weighted by Crippen LogP contribution is -2.44. The first-order chi connectivity index (χ1) is 19.4. The van der Waals surface area contributed by atoms with Gasteiger partial charge in [0.25, 0.3) is 22.3 Å². The number of hydrogen-bond donors (Lipinski definition) is 3. The minimum absolute atomic E-state index is 0.0217. The molecule has 11 heteroatoms. The zero-order valence-electron chi connectivity index (χ0n) is 21.7. The minimum Gasteiger partial charge on any atom is -0.394 e. The van der Waals surface area contributed by atoms with Gasteiger partial charge in [-0.15, -0.1) is 0 Å². The van der Waals surface area contributed by atoms with Gasteiger partial charge in [-0.25, -0.2) is 4.98 Å². The van der Waals surface area contributed by atoms with Crippen molar-refractivity contribution in [2.45, 2.75) is 19.5 Å². The van der Waals surface area contributed by atoms with Crippen molar-refractivity contribution in [1.29, 1.82) is 0 Å². The topological polar surface area (TPSA) is 151 Å². The van der Waals surface area contributed by atoms with Crippen LogP contribution in [0.5, 0.6) is 0 Å². The standard InChI is InChI=1S/C29H28N6O5/c30-24-25(27(38)26(24)37)35-7-6-18-5-4-17(12-20(18)16-35)15-31-29(39)28-32-22(14-23(36)33-28)19-2-1-3-21(13-19)34-8-10-40-11-9-34/h1-5,12-14H,6-11,15-16,30H2,(H,31,39)(H,32,33,36). The van der Waals surface area contributed by atoms with Crippen molar-refractivity contribution in [2.24, 2.45) is 0 Å². The van der Waals surface area contributed by atoms with Crippen molar-refractivity contribution >= 4 is 23.0 Å². The van der Waals surface area contributed by atoms with E-state index in [0.717, 1.165) is 41.0 Å². The number of aromatic nitrogens is 2. The van der Waals surface area contributed by atoms with Crippen molar-refractivity contribution in [3.63, 3.8) is 0 Å². The highest BCUT2D eigenvalue weighted by molar-refractivity contribution is 5.90. The van der Waals surface area contributed by atoms with Gasteiger partial charge >= 0.3 is 0 Å². The molecule has 204 valence electrons. The van der Waals surface area contributed by atoms with Crippen LogP contribution in [-0.4, -0.2) is 48.7 Å². The molecule has 0 saturated carbocycles. The molecule has 4 N–H and O–H groups in total. The first kappa shape index (κ1) is 25.5. The lowest BCUT2D eigenvalue weighted by Gasteiger charge is -2.32. The van der Waals surface area contributed by atoms with Crippen molar-refractivity contribution < 1.29 is 9.53 Å². The van der Waals surface area contributed by atoms with Gasteiger partial charge in [0, 0.05) is 50.0 Å². The zero-order valence-corrected chi connectivity index (χ0v) is 21.7. The van der Waals surface area contributed by atoms with Crippen LogP contribution in [0.25, 0.3) is 11.3 Å². The maximum absolute atomic E-state index is 13.0. The van der Waals surface area contributed by atoms with E-state index in [2.05, 4.69) is 20.2 Å². The summed E-state index contributed by atoms with van der Waals surface area (Å²) in [6.45, 7) is 4.15. The first-order valence-electron chi connectivity index (χ1n) is 13.1. The molecule has 1 aromatic heterocycles. The Morgan fingerprint density at radius 2 is 1.80 bits per heavy atom. The number of nitrogens with one attached hydrogen (secondary N) is 2. The van der Waals surface area contributed by atoms with E-state index >= 15 is 0 Å². The molecular weight excluding hydrogens is 512 g/mol. The predicted molar refractivity (Wildman–Crippen MR) is 151 cm³/mol. The van der Waals surface area contributed by atoms with E-state index in [1.165, 1.54) is 6.07 Å². The molecule has 2 aliphatic rings. The van der Waals surface area contributed by atoms with Crippen LogP contribution in [0.1, 0.15) is 27.3 Å². The number of nitrogens with zero attached hydrogens (tertiary/aromatic N) is 3. The van der Waals surface area contributed by atoms with Gasteiger partial charge in [-0.2, -0.15) is 0 Å². The average molecular weight is 541 g/mol. The third-order valence-corrected chi connectivity index (χ3v) is 7.45. The van der Waals surface area contributed by atoms with E-state index in [1.807, 2.05) is 47.4 Å². The predicted octanol–water partition coefficient (Wildman–Crippen LogP) is 0.944. The molecule has 0 bridgehead atoms. The summed E-state index contributed by atoms with van der Waals surface area (Å²) in [7, 11) is 0. The largest absolute Gasteiger partial charge is 0.394 e. The number of hydrogen-bond acceptors (Lipinski definition) is 9. The summed E-state index contributed by atoms with van der Waals surface area (Å²) in [5.41, 5.74) is 9.63. The summed E-state index contributed by atoms with van der Waals surface area (Å²) in [4.78, 5) is 60.0. The van der Waals surface area contributed by atoms with Crippen LogP contribution in [0.2, 0.25) is 0 Å². The molecule has 3 aromatic carbocycles. The Balaban J connectivity index is 1.16. The van der Waals surface area contributed by atoms with Crippen LogP contribution >= 0.6 is 0 Å². The number of carbonyl (C=O) groups excluding carboxylic acids is 1. The second-order valence-corrected chi connectivity index (χ2v) is 10.0. The Morgan fingerprint density at radius 3 is 2.60 bits per heavy atom. The molecule has 2 aliphatic heterocycles. The fourth-order valence-corrected chi connectivity index (χ4v) is 5.29. The van der Waals surface area contributed by atoms with E-state index in [9.17, 15) is 19.2 Å². The van der Waals surface area contributed by atoms with Crippen LogP contribution in [0.3, 0.4) is 0 Å². The normalized spacial score (nSPS) is 15.2. The molecule has 4 aromatic rings. The number of ether oxygens (including phenoxy) is 1. The number of carbonyl (C=O) groups is 1. The van der Waals surface area contributed by atoms with Gasteiger partial charge in [-0.1, -0.05) is 30.3 Å². The van der Waals surface area contributed by atoms with Crippen LogP contribution < -0.4 is 37.3 Å². The Morgan fingerprint density at radius 1 is 0.975 bits per heavy atom. The second-order valence-electron chi connectivity index (χ2n) is 10.0. The van der Waals surface area contributed by atoms with Crippen LogP contribution in [0, 0.1) is 0 Å². The molecule has 40 heavy (non-hydrogen) atoms. The molecule has 11 nitrogen and oxygen atoms in total. The number of morpholine rings is 1. The number of amides is 1. The molecule has 0 unspecified atom stereocenters. The van der Waals surface area contributed by atoms with E-state index in [1.54, 1.807) is 0 Å². The molecule has 0 spiro atoms. The van der Waals surface area contributed by atoms with Crippen LogP contribution in [0.15, 0.2) is 62.9 Å². The molecule has 0 aliphatic carbocycles. The molecule has 1 fully saturated rings. The summed E-state index contributed by atoms with van der Waals surface area (Å²) < 4.78 is 5.43. The van der Waals surface area contributed by atoms with E-state index in [0.29, 0.717) is 44.1 Å².